The maximum absolute atomic E-state index is 12.1. The lowest BCUT2D eigenvalue weighted by Crippen LogP contribution is -2.22. The Kier molecular flexibility index (Phi) is 4.24. The third-order valence-electron chi connectivity index (χ3n) is 4.66. The van der Waals surface area contributed by atoms with E-state index in [4.69, 9.17) is 0 Å². The standard InChI is InChI=1S/C17H20O3S/c18-14-12(8-4-7-11-5-2-1-3-6-11)15(19)16(20)17-13(14)9-10-21-17/h9-11,18H,1-8H2. The number of carbonyl (C=O) groups is 2. The molecule has 21 heavy (non-hydrogen) atoms. The van der Waals surface area contributed by atoms with Gasteiger partial charge in [0, 0.05) is 11.1 Å². The summed E-state index contributed by atoms with van der Waals surface area (Å²) in [5.41, 5.74) is 0.860. The van der Waals surface area contributed by atoms with E-state index in [0.29, 0.717) is 22.4 Å². The summed E-state index contributed by atoms with van der Waals surface area (Å²) < 4.78 is 0. The van der Waals surface area contributed by atoms with Crippen molar-refractivity contribution in [2.45, 2.75) is 51.4 Å². The number of aliphatic hydroxyl groups is 1. The van der Waals surface area contributed by atoms with Crippen molar-refractivity contribution in [3.63, 3.8) is 0 Å². The highest BCUT2D eigenvalue weighted by Crippen LogP contribution is 2.34. The minimum atomic E-state index is -0.508. The van der Waals surface area contributed by atoms with Crippen LogP contribution in [-0.2, 0) is 4.79 Å². The summed E-state index contributed by atoms with van der Waals surface area (Å²) in [6, 6.07) is 1.72. The van der Waals surface area contributed by atoms with Crippen LogP contribution in [0.1, 0.15) is 66.6 Å². The van der Waals surface area contributed by atoms with Crippen molar-refractivity contribution < 1.29 is 14.7 Å². The van der Waals surface area contributed by atoms with Gasteiger partial charge in [0.05, 0.1) is 4.88 Å². The number of thiophene rings is 1. The Morgan fingerprint density at radius 3 is 2.67 bits per heavy atom. The summed E-state index contributed by atoms with van der Waals surface area (Å²) in [7, 11) is 0. The number of aliphatic hydroxyl groups excluding tert-OH is 1. The Bertz CT molecular complexity index is 591. The predicted molar refractivity (Wildman–Crippen MR) is 83.6 cm³/mol. The van der Waals surface area contributed by atoms with Gasteiger partial charge in [0.15, 0.2) is 0 Å². The minimum absolute atomic E-state index is 0.0273. The fourth-order valence-electron chi connectivity index (χ4n) is 3.46. The molecule has 0 aromatic carbocycles. The molecule has 0 saturated heterocycles. The van der Waals surface area contributed by atoms with Crippen LogP contribution in [0, 0.1) is 5.92 Å². The van der Waals surface area contributed by atoms with Gasteiger partial charge in [-0.25, -0.2) is 0 Å². The van der Waals surface area contributed by atoms with E-state index in [9.17, 15) is 14.7 Å². The van der Waals surface area contributed by atoms with Gasteiger partial charge in [0.2, 0.25) is 11.6 Å². The minimum Gasteiger partial charge on any atom is -0.507 e. The molecule has 2 aliphatic rings. The van der Waals surface area contributed by atoms with Crippen LogP contribution in [-0.4, -0.2) is 16.7 Å². The van der Waals surface area contributed by atoms with Gasteiger partial charge < -0.3 is 5.11 Å². The monoisotopic (exact) mass is 304 g/mol. The van der Waals surface area contributed by atoms with Crippen molar-refractivity contribution in [1.82, 2.24) is 0 Å². The summed E-state index contributed by atoms with van der Waals surface area (Å²) in [5, 5.41) is 12.0. The Morgan fingerprint density at radius 2 is 1.90 bits per heavy atom. The number of hydrogen-bond acceptors (Lipinski definition) is 4. The van der Waals surface area contributed by atoms with Crippen LogP contribution < -0.4 is 0 Å². The molecule has 3 rings (SSSR count). The topological polar surface area (TPSA) is 54.4 Å². The highest BCUT2D eigenvalue weighted by molar-refractivity contribution is 7.13. The molecule has 1 saturated carbocycles. The van der Waals surface area contributed by atoms with Gasteiger partial charge >= 0.3 is 0 Å². The Labute approximate surface area is 128 Å². The van der Waals surface area contributed by atoms with Crippen LogP contribution in [0.15, 0.2) is 17.0 Å². The van der Waals surface area contributed by atoms with E-state index in [1.54, 1.807) is 11.4 Å². The second-order valence-electron chi connectivity index (χ2n) is 6.05. The summed E-state index contributed by atoms with van der Waals surface area (Å²) in [6.45, 7) is 0. The van der Waals surface area contributed by atoms with Crippen LogP contribution in [0.3, 0.4) is 0 Å². The number of Topliss-reactive ketones (excluding diaryl/α,β-unsaturated/α-hetero) is 2. The van der Waals surface area contributed by atoms with Crippen molar-refractivity contribution >= 4 is 28.7 Å². The first-order chi connectivity index (χ1) is 10.2. The molecule has 0 radical (unpaired) electrons. The molecule has 0 bridgehead atoms. The predicted octanol–water partition coefficient (Wildman–Crippen LogP) is 4.53. The van der Waals surface area contributed by atoms with E-state index in [-0.39, 0.29) is 5.76 Å². The highest BCUT2D eigenvalue weighted by atomic mass is 32.1. The normalized spacial score (nSPS) is 20.0. The SMILES string of the molecule is O=C1C(=O)c2sccc2C(O)=C1CCCC1CCCCC1. The maximum Gasteiger partial charge on any atom is 0.243 e. The van der Waals surface area contributed by atoms with Crippen molar-refractivity contribution in [1.29, 1.82) is 0 Å². The molecular weight excluding hydrogens is 284 g/mol. The zero-order valence-corrected chi connectivity index (χ0v) is 12.9. The number of fused-ring (bicyclic) bond motifs is 1. The molecule has 1 fully saturated rings. The number of allylic oxidation sites excluding steroid dienone is 1. The molecule has 0 amide bonds. The molecular formula is C17H20O3S. The summed E-state index contributed by atoms with van der Waals surface area (Å²) >= 11 is 1.23. The van der Waals surface area contributed by atoms with Gasteiger partial charge in [-0.3, -0.25) is 9.59 Å². The lowest BCUT2D eigenvalue weighted by Gasteiger charge is -2.22. The van der Waals surface area contributed by atoms with E-state index in [2.05, 4.69) is 0 Å². The lowest BCUT2D eigenvalue weighted by atomic mass is 9.84. The molecule has 0 aliphatic heterocycles. The van der Waals surface area contributed by atoms with Gasteiger partial charge in [0.1, 0.15) is 5.76 Å². The van der Waals surface area contributed by atoms with Crippen LogP contribution in [0.5, 0.6) is 0 Å². The van der Waals surface area contributed by atoms with Crippen molar-refractivity contribution in [2.24, 2.45) is 5.92 Å². The smallest absolute Gasteiger partial charge is 0.243 e. The Morgan fingerprint density at radius 1 is 1.14 bits per heavy atom. The van der Waals surface area contributed by atoms with Crippen molar-refractivity contribution in [3.05, 3.63) is 27.5 Å². The van der Waals surface area contributed by atoms with Gasteiger partial charge in [-0.2, -0.15) is 0 Å². The molecule has 2 aliphatic carbocycles. The van der Waals surface area contributed by atoms with E-state index in [1.165, 1.54) is 43.4 Å². The molecule has 1 heterocycles. The summed E-state index contributed by atoms with van der Waals surface area (Å²) in [5.74, 6) is -0.177. The number of carbonyl (C=O) groups excluding carboxylic acids is 2. The second-order valence-corrected chi connectivity index (χ2v) is 6.96. The number of rotatable bonds is 4. The van der Waals surface area contributed by atoms with Crippen LogP contribution in [0.4, 0.5) is 0 Å². The zero-order valence-electron chi connectivity index (χ0n) is 12.1. The van der Waals surface area contributed by atoms with Gasteiger partial charge in [-0.05, 0) is 30.2 Å². The molecule has 112 valence electrons. The fraction of sp³-hybridized carbons (Fsp3) is 0.529. The Hall–Kier alpha value is -1.42. The molecule has 3 nitrogen and oxygen atoms in total. The fourth-order valence-corrected chi connectivity index (χ4v) is 4.29. The third-order valence-corrected chi connectivity index (χ3v) is 5.57. The van der Waals surface area contributed by atoms with Crippen LogP contribution >= 0.6 is 11.3 Å². The number of ketones is 2. The van der Waals surface area contributed by atoms with Crippen LogP contribution in [0.2, 0.25) is 0 Å². The lowest BCUT2D eigenvalue weighted by molar-refractivity contribution is -0.112. The molecule has 4 heteroatoms. The van der Waals surface area contributed by atoms with Gasteiger partial charge in [0.25, 0.3) is 0 Å². The summed E-state index contributed by atoms with van der Waals surface area (Å²) in [4.78, 5) is 24.5. The first-order valence-electron chi connectivity index (χ1n) is 7.77. The average Bonchev–Trinajstić information content (AvgIpc) is 2.99. The Balaban J connectivity index is 1.68. The number of hydrogen-bond donors (Lipinski definition) is 1. The maximum atomic E-state index is 12.1. The van der Waals surface area contributed by atoms with E-state index >= 15 is 0 Å². The molecule has 0 spiro atoms. The largest absolute Gasteiger partial charge is 0.507 e. The van der Waals surface area contributed by atoms with Gasteiger partial charge in [-0.1, -0.05) is 38.5 Å². The van der Waals surface area contributed by atoms with E-state index in [0.717, 1.165) is 18.8 Å². The second kappa shape index (κ2) is 6.14. The van der Waals surface area contributed by atoms with Crippen molar-refractivity contribution in [3.8, 4) is 0 Å². The molecule has 0 unspecified atom stereocenters. The van der Waals surface area contributed by atoms with Crippen LogP contribution in [0.25, 0.3) is 5.76 Å². The third kappa shape index (κ3) is 2.82. The molecule has 0 atom stereocenters. The first-order valence-corrected chi connectivity index (χ1v) is 8.65. The summed E-state index contributed by atoms with van der Waals surface area (Å²) in [6.07, 6.45) is 9.03. The molecule has 1 N–H and O–H groups in total. The first kappa shape index (κ1) is 14.5. The molecule has 1 aromatic heterocycles. The highest BCUT2D eigenvalue weighted by Gasteiger charge is 2.33. The molecule has 1 aromatic rings. The average molecular weight is 304 g/mol. The van der Waals surface area contributed by atoms with E-state index in [1.807, 2.05) is 0 Å². The van der Waals surface area contributed by atoms with E-state index < -0.39 is 11.6 Å². The van der Waals surface area contributed by atoms with Crippen molar-refractivity contribution in [2.75, 3.05) is 0 Å². The van der Waals surface area contributed by atoms with Gasteiger partial charge in [-0.15, -0.1) is 11.3 Å². The zero-order chi connectivity index (χ0) is 14.8. The quantitative estimate of drug-likeness (QED) is 0.831.